The van der Waals surface area contributed by atoms with Gasteiger partial charge in [-0.2, -0.15) is 9.78 Å². The molecule has 0 spiro atoms. The molecule has 0 radical (unpaired) electrons. The van der Waals surface area contributed by atoms with Gasteiger partial charge in [-0.15, -0.1) is 11.8 Å². The van der Waals surface area contributed by atoms with E-state index in [0.717, 1.165) is 15.5 Å². The summed E-state index contributed by atoms with van der Waals surface area (Å²) >= 11 is 9.29. The molecule has 1 aromatic carbocycles. The molecule has 1 N–H and O–H groups in total. The molecule has 0 aliphatic carbocycles. The number of carbonyl (C=O) groups is 1. The molecule has 0 bridgehead atoms. The van der Waals surface area contributed by atoms with Crippen LogP contribution in [0.4, 0.5) is 0 Å². The molecule has 0 atom stereocenters. The van der Waals surface area contributed by atoms with Gasteiger partial charge in [-0.05, 0) is 31.2 Å². The number of thiazole rings is 1. The van der Waals surface area contributed by atoms with Crippen molar-refractivity contribution < 1.29 is 19.4 Å². The number of thioether (sulfide) groups is 1. The van der Waals surface area contributed by atoms with Crippen LogP contribution < -0.4 is 4.74 Å². The van der Waals surface area contributed by atoms with Crippen molar-refractivity contribution in [2.24, 2.45) is 0 Å². The van der Waals surface area contributed by atoms with Crippen LogP contribution in [0.5, 0.6) is 5.75 Å². The van der Waals surface area contributed by atoms with Gasteiger partial charge in [-0.25, -0.2) is 9.78 Å². The monoisotopic (exact) mass is 465 g/mol. The zero-order chi connectivity index (χ0) is 21.4. The number of carboxylic acids is 1. The van der Waals surface area contributed by atoms with Gasteiger partial charge >= 0.3 is 5.97 Å². The summed E-state index contributed by atoms with van der Waals surface area (Å²) in [5, 5.41) is 15.3. The van der Waals surface area contributed by atoms with E-state index in [1.165, 1.54) is 22.1 Å². The Balaban J connectivity index is 1.83. The summed E-state index contributed by atoms with van der Waals surface area (Å²) in [5.74, 6) is -0.417. The van der Waals surface area contributed by atoms with Gasteiger partial charge in [0.2, 0.25) is 5.13 Å². The van der Waals surface area contributed by atoms with Crippen LogP contribution in [0.1, 0.15) is 30.0 Å². The number of hydrogen-bond acceptors (Lipinski definition) is 7. The Bertz CT molecular complexity index is 1090. The van der Waals surface area contributed by atoms with Gasteiger partial charge in [-0.1, -0.05) is 36.8 Å². The SMILES string of the molecule is Cc1cc(C(=O)O)n(-c2nc(-c3ccc(Cl)cc3OC3COC3)c(SC(C)C)s2)n1. The van der Waals surface area contributed by atoms with Gasteiger partial charge in [-0.3, -0.25) is 0 Å². The summed E-state index contributed by atoms with van der Waals surface area (Å²) in [6.07, 6.45) is -0.0195. The molecule has 2 aromatic heterocycles. The fraction of sp³-hybridized carbons (Fsp3) is 0.350. The smallest absolute Gasteiger partial charge is 0.354 e. The maximum absolute atomic E-state index is 11.7. The molecule has 10 heteroatoms. The standard InChI is InChI=1S/C20H20ClN3O4S2/c1-10(2)29-19-17(14-5-4-12(21)7-16(14)28-13-8-27-9-13)22-20(30-19)24-15(18(25)26)6-11(3)23-24/h4-7,10,13H,8-9H2,1-3H3,(H,25,26). The Kier molecular flexibility index (Phi) is 6.06. The minimum Gasteiger partial charge on any atom is -0.485 e. The Morgan fingerprint density at radius 2 is 2.17 bits per heavy atom. The van der Waals surface area contributed by atoms with Crippen molar-refractivity contribution in [2.75, 3.05) is 13.2 Å². The largest absolute Gasteiger partial charge is 0.485 e. The molecule has 0 saturated carbocycles. The van der Waals surface area contributed by atoms with Crippen molar-refractivity contribution in [3.8, 4) is 22.1 Å². The first-order chi connectivity index (χ1) is 14.3. The maximum atomic E-state index is 11.7. The van der Waals surface area contributed by atoms with Gasteiger partial charge < -0.3 is 14.6 Å². The average Bonchev–Trinajstić information content (AvgIpc) is 3.21. The molecule has 1 fully saturated rings. The van der Waals surface area contributed by atoms with E-state index in [1.54, 1.807) is 30.8 Å². The van der Waals surface area contributed by atoms with Gasteiger partial charge in [0.05, 0.1) is 23.1 Å². The van der Waals surface area contributed by atoms with Crippen LogP contribution in [0, 0.1) is 6.92 Å². The van der Waals surface area contributed by atoms with E-state index in [4.69, 9.17) is 26.1 Å². The summed E-state index contributed by atoms with van der Waals surface area (Å²) in [5.41, 5.74) is 2.22. The predicted molar refractivity (Wildman–Crippen MR) is 118 cm³/mol. The molecular weight excluding hydrogens is 446 g/mol. The highest BCUT2D eigenvalue weighted by Crippen LogP contribution is 2.43. The molecule has 30 heavy (non-hydrogen) atoms. The van der Waals surface area contributed by atoms with Crippen LogP contribution in [0.15, 0.2) is 28.5 Å². The molecule has 0 unspecified atom stereocenters. The van der Waals surface area contributed by atoms with E-state index in [-0.39, 0.29) is 11.8 Å². The molecular formula is C20H20ClN3O4S2. The van der Waals surface area contributed by atoms with Gasteiger partial charge in [0.1, 0.15) is 17.5 Å². The molecule has 158 valence electrons. The first kappa shape index (κ1) is 21.2. The highest BCUT2D eigenvalue weighted by atomic mass is 35.5. The summed E-state index contributed by atoms with van der Waals surface area (Å²) in [7, 11) is 0. The van der Waals surface area contributed by atoms with E-state index in [2.05, 4.69) is 18.9 Å². The van der Waals surface area contributed by atoms with Crippen molar-refractivity contribution >= 4 is 40.7 Å². The van der Waals surface area contributed by atoms with Crippen molar-refractivity contribution in [3.63, 3.8) is 0 Å². The number of aromatic carboxylic acids is 1. The Morgan fingerprint density at radius 3 is 2.80 bits per heavy atom. The number of aromatic nitrogens is 3. The lowest BCUT2D eigenvalue weighted by molar-refractivity contribution is -0.0794. The third kappa shape index (κ3) is 4.34. The average molecular weight is 466 g/mol. The molecule has 4 rings (SSSR count). The fourth-order valence-electron chi connectivity index (χ4n) is 2.90. The Morgan fingerprint density at radius 1 is 1.40 bits per heavy atom. The van der Waals surface area contributed by atoms with Crippen LogP contribution in [-0.2, 0) is 4.74 Å². The van der Waals surface area contributed by atoms with Gasteiger partial charge in [0, 0.05) is 15.8 Å². The third-order valence-corrected chi connectivity index (χ3v) is 6.74. The van der Waals surface area contributed by atoms with Gasteiger partial charge in [0.25, 0.3) is 0 Å². The molecule has 3 heterocycles. The van der Waals surface area contributed by atoms with Crippen LogP contribution >= 0.6 is 34.7 Å². The molecule has 3 aromatic rings. The van der Waals surface area contributed by atoms with E-state index < -0.39 is 5.97 Å². The Labute approximate surface area is 187 Å². The summed E-state index contributed by atoms with van der Waals surface area (Å²) < 4.78 is 13.6. The van der Waals surface area contributed by atoms with Crippen molar-refractivity contribution in [2.45, 2.75) is 36.3 Å². The summed E-state index contributed by atoms with van der Waals surface area (Å²) in [6.45, 7) is 7.03. The zero-order valence-electron chi connectivity index (χ0n) is 16.6. The molecule has 0 amide bonds. The number of halogens is 1. The summed E-state index contributed by atoms with van der Waals surface area (Å²) in [6, 6.07) is 6.99. The van der Waals surface area contributed by atoms with E-state index in [9.17, 15) is 9.90 Å². The number of benzene rings is 1. The number of ether oxygens (including phenoxy) is 2. The minimum absolute atomic E-state index is 0.0195. The molecule has 1 aliphatic heterocycles. The lowest BCUT2D eigenvalue weighted by Gasteiger charge is -2.27. The molecule has 1 saturated heterocycles. The number of rotatable bonds is 7. The number of aryl methyl sites for hydroxylation is 1. The second-order valence-electron chi connectivity index (χ2n) is 7.10. The van der Waals surface area contributed by atoms with Crippen molar-refractivity contribution in [1.29, 1.82) is 0 Å². The lowest BCUT2D eigenvalue weighted by atomic mass is 10.1. The van der Waals surface area contributed by atoms with E-state index >= 15 is 0 Å². The normalized spacial score (nSPS) is 14.2. The van der Waals surface area contributed by atoms with Crippen LogP contribution in [-0.4, -0.2) is 50.4 Å². The molecule has 7 nitrogen and oxygen atoms in total. The fourth-order valence-corrected chi connectivity index (χ4v) is 5.53. The summed E-state index contributed by atoms with van der Waals surface area (Å²) in [4.78, 5) is 16.4. The zero-order valence-corrected chi connectivity index (χ0v) is 19.0. The minimum atomic E-state index is -1.05. The quantitative estimate of drug-likeness (QED) is 0.495. The second-order valence-corrected chi connectivity index (χ2v) is 10.4. The van der Waals surface area contributed by atoms with Crippen LogP contribution in [0.25, 0.3) is 16.4 Å². The second kappa shape index (κ2) is 8.58. The topological polar surface area (TPSA) is 86.5 Å². The van der Waals surface area contributed by atoms with Crippen LogP contribution in [0.3, 0.4) is 0 Å². The Hall–Kier alpha value is -2.07. The highest BCUT2D eigenvalue weighted by Gasteiger charge is 2.26. The first-order valence-electron chi connectivity index (χ1n) is 9.34. The van der Waals surface area contributed by atoms with Crippen molar-refractivity contribution in [3.05, 3.63) is 40.7 Å². The lowest BCUT2D eigenvalue weighted by Crippen LogP contribution is -2.38. The number of hydrogen-bond donors (Lipinski definition) is 1. The van der Waals surface area contributed by atoms with Crippen LogP contribution in [0.2, 0.25) is 5.02 Å². The van der Waals surface area contributed by atoms with Gasteiger partial charge in [0.15, 0.2) is 5.69 Å². The maximum Gasteiger partial charge on any atom is 0.354 e. The highest BCUT2D eigenvalue weighted by molar-refractivity contribution is 8.01. The number of nitrogens with zero attached hydrogens (tertiary/aromatic N) is 3. The first-order valence-corrected chi connectivity index (χ1v) is 11.4. The van der Waals surface area contributed by atoms with Crippen molar-refractivity contribution in [1.82, 2.24) is 14.8 Å². The molecule has 1 aliphatic rings. The van der Waals surface area contributed by atoms with E-state index in [0.29, 0.717) is 40.1 Å². The third-order valence-electron chi connectivity index (χ3n) is 4.26. The number of carboxylic acid groups (broad SMARTS) is 1. The predicted octanol–water partition coefficient (Wildman–Crippen LogP) is 4.93. The van der Waals surface area contributed by atoms with E-state index in [1.807, 2.05) is 6.07 Å².